The predicted octanol–water partition coefficient (Wildman–Crippen LogP) is -0.164. The second-order valence-corrected chi connectivity index (χ2v) is 5.63. The van der Waals surface area contributed by atoms with Gasteiger partial charge in [-0.2, -0.15) is 0 Å². The van der Waals surface area contributed by atoms with Crippen LogP contribution in [0.2, 0.25) is 0 Å². The average molecular weight is 333 g/mol. The molecule has 0 aliphatic rings. The lowest BCUT2D eigenvalue weighted by atomic mass is 10.2. The molecule has 0 rings (SSSR count). The molecule has 9 heteroatoms. The van der Waals surface area contributed by atoms with Crippen LogP contribution in [0.4, 0.5) is 4.79 Å². The van der Waals surface area contributed by atoms with Gasteiger partial charge in [-0.25, -0.2) is 15.6 Å². The fourth-order valence-electron chi connectivity index (χ4n) is 1.34. The molecule has 134 valence electrons. The molecular weight excluding hydrogens is 306 g/mol. The van der Waals surface area contributed by atoms with E-state index >= 15 is 0 Å². The van der Waals surface area contributed by atoms with Crippen LogP contribution in [0, 0.1) is 0 Å². The topological polar surface area (TPSA) is 120 Å². The first-order valence-electron chi connectivity index (χ1n) is 7.37. The van der Waals surface area contributed by atoms with Crippen molar-refractivity contribution in [2.45, 2.75) is 32.8 Å². The number of ether oxygens (including phenoxy) is 3. The van der Waals surface area contributed by atoms with E-state index in [4.69, 9.17) is 20.1 Å². The summed E-state index contributed by atoms with van der Waals surface area (Å²) in [5.41, 5.74) is -0.635. The first-order chi connectivity index (χ1) is 10.8. The minimum absolute atomic E-state index is 0.0489. The Bertz CT molecular complexity index is 370. The molecule has 2 amide bonds. The number of hydrogen-bond acceptors (Lipinski definition) is 7. The first-order valence-corrected chi connectivity index (χ1v) is 7.37. The Labute approximate surface area is 136 Å². The van der Waals surface area contributed by atoms with Crippen LogP contribution in [-0.4, -0.2) is 68.4 Å². The molecular formula is C14H27N3O6. The van der Waals surface area contributed by atoms with E-state index in [2.05, 4.69) is 5.32 Å². The van der Waals surface area contributed by atoms with Crippen LogP contribution in [-0.2, 0) is 23.8 Å². The monoisotopic (exact) mass is 333 g/mol. The Hall–Kier alpha value is -1.71. The van der Waals surface area contributed by atoms with Gasteiger partial charge in [0.15, 0.2) is 0 Å². The summed E-state index contributed by atoms with van der Waals surface area (Å²) >= 11 is 0. The standard InChI is InChI=1S/C14H27N3O6/c1-14(2,3)23-13(20)17(15)6-4-12(19)16-5-8-21-10-11-22-9-7-18/h7H,4-6,8-11,15H2,1-3H3,(H,16,19). The number of hydrazine groups is 1. The highest BCUT2D eigenvalue weighted by atomic mass is 16.6. The van der Waals surface area contributed by atoms with Crippen LogP contribution in [0.1, 0.15) is 27.2 Å². The van der Waals surface area contributed by atoms with Crippen molar-refractivity contribution < 1.29 is 28.6 Å². The summed E-state index contributed by atoms with van der Waals surface area (Å²) in [5.74, 6) is 5.28. The van der Waals surface area contributed by atoms with Crippen molar-refractivity contribution in [3.8, 4) is 0 Å². The van der Waals surface area contributed by atoms with Crippen LogP contribution >= 0.6 is 0 Å². The van der Waals surface area contributed by atoms with Gasteiger partial charge in [-0.1, -0.05) is 0 Å². The molecule has 0 bridgehead atoms. The van der Waals surface area contributed by atoms with Gasteiger partial charge in [-0.15, -0.1) is 0 Å². The average Bonchev–Trinajstić information content (AvgIpc) is 2.45. The van der Waals surface area contributed by atoms with E-state index in [-0.39, 0.29) is 25.5 Å². The van der Waals surface area contributed by atoms with Gasteiger partial charge in [0.2, 0.25) is 5.91 Å². The molecule has 0 aliphatic heterocycles. The summed E-state index contributed by atoms with van der Waals surface area (Å²) in [6.07, 6.45) is 0.0557. The van der Waals surface area contributed by atoms with E-state index in [9.17, 15) is 14.4 Å². The molecule has 0 aliphatic carbocycles. The molecule has 0 aromatic rings. The number of nitrogens with zero attached hydrogens (tertiary/aromatic N) is 1. The SMILES string of the molecule is CC(C)(C)OC(=O)N(N)CCC(=O)NCCOCCOCC=O. The molecule has 3 N–H and O–H groups in total. The van der Waals surface area contributed by atoms with Crippen molar-refractivity contribution in [3.05, 3.63) is 0 Å². The van der Waals surface area contributed by atoms with Crippen molar-refractivity contribution in [1.29, 1.82) is 0 Å². The number of amides is 2. The zero-order chi connectivity index (χ0) is 17.7. The number of carbonyl (C=O) groups is 3. The summed E-state index contributed by atoms with van der Waals surface area (Å²) in [4.78, 5) is 33.1. The number of aldehydes is 1. The van der Waals surface area contributed by atoms with E-state index < -0.39 is 11.7 Å². The molecule has 0 spiro atoms. The Morgan fingerprint density at radius 3 is 2.43 bits per heavy atom. The summed E-state index contributed by atoms with van der Waals surface area (Å²) in [6.45, 7) is 6.64. The maximum atomic E-state index is 11.6. The minimum Gasteiger partial charge on any atom is -0.443 e. The van der Waals surface area contributed by atoms with Gasteiger partial charge >= 0.3 is 6.09 Å². The van der Waals surface area contributed by atoms with E-state index in [1.54, 1.807) is 20.8 Å². The summed E-state index contributed by atoms with van der Waals surface area (Å²) in [6, 6.07) is 0. The van der Waals surface area contributed by atoms with E-state index in [1.165, 1.54) is 0 Å². The highest BCUT2D eigenvalue weighted by Crippen LogP contribution is 2.08. The maximum Gasteiger partial charge on any atom is 0.424 e. The van der Waals surface area contributed by atoms with E-state index in [0.717, 1.165) is 5.01 Å². The van der Waals surface area contributed by atoms with Crippen LogP contribution < -0.4 is 11.2 Å². The number of hydrogen-bond donors (Lipinski definition) is 2. The minimum atomic E-state index is -0.677. The van der Waals surface area contributed by atoms with Gasteiger partial charge in [0.05, 0.1) is 19.8 Å². The zero-order valence-corrected chi connectivity index (χ0v) is 14.0. The largest absolute Gasteiger partial charge is 0.443 e. The third kappa shape index (κ3) is 13.7. The van der Waals surface area contributed by atoms with Crippen LogP contribution in [0.15, 0.2) is 0 Å². The van der Waals surface area contributed by atoms with E-state index in [0.29, 0.717) is 32.7 Å². The molecule has 0 aromatic heterocycles. The van der Waals surface area contributed by atoms with Crippen LogP contribution in [0.3, 0.4) is 0 Å². The maximum absolute atomic E-state index is 11.6. The van der Waals surface area contributed by atoms with Crippen molar-refractivity contribution >= 4 is 18.3 Å². The molecule has 23 heavy (non-hydrogen) atoms. The quantitative estimate of drug-likeness (QED) is 0.177. The smallest absolute Gasteiger partial charge is 0.424 e. The fraction of sp³-hybridized carbons (Fsp3) is 0.786. The molecule has 0 aromatic carbocycles. The second-order valence-electron chi connectivity index (χ2n) is 5.63. The number of nitrogens with two attached hydrogens (primary N) is 1. The molecule has 0 fully saturated rings. The van der Waals surface area contributed by atoms with Gasteiger partial charge < -0.3 is 24.3 Å². The molecule has 0 radical (unpaired) electrons. The third-order valence-electron chi connectivity index (χ3n) is 2.33. The molecule has 0 unspecified atom stereocenters. The molecule has 0 saturated carbocycles. The second kappa shape index (κ2) is 11.8. The Balaban J connectivity index is 3.63. The molecule has 9 nitrogen and oxygen atoms in total. The van der Waals surface area contributed by atoms with Gasteiger partial charge in [0.25, 0.3) is 0 Å². The first kappa shape index (κ1) is 21.3. The summed E-state index contributed by atoms with van der Waals surface area (Å²) in [7, 11) is 0. The lowest BCUT2D eigenvalue weighted by molar-refractivity contribution is -0.121. The normalized spacial score (nSPS) is 11.0. The fourth-order valence-corrected chi connectivity index (χ4v) is 1.34. The molecule has 0 atom stereocenters. The van der Waals surface area contributed by atoms with Crippen molar-refractivity contribution in [2.75, 3.05) is 39.5 Å². The number of carbonyl (C=O) groups excluding carboxylic acids is 3. The Morgan fingerprint density at radius 1 is 1.17 bits per heavy atom. The Kier molecular flexibility index (Phi) is 10.9. The number of nitrogens with one attached hydrogen (secondary N) is 1. The zero-order valence-electron chi connectivity index (χ0n) is 14.0. The third-order valence-corrected chi connectivity index (χ3v) is 2.33. The molecule has 0 saturated heterocycles. The van der Waals surface area contributed by atoms with Gasteiger partial charge in [-0.05, 0) is 20.8 Å². The lowest BCUT2D eigenvalue weighted by Crippen LogP contribution is -2.43. The van der Waals surface area contributed by atoms with Crippen molar-refractivity contribution in [3.63, 3.8) is 0 Å². The van der Waals surface area contributed by atoms with Gasteiger partial charge in [0, 0.05) is 19.5 Å². The van der Waals surface area contributed by atoms with Crippen molar-refractivity contribution in [2.24, 2.45) is 5.84 Å². The number of rotatable bonds is 11. The molecule has 0 heterocycles. The highest BCUT2D eigenvalue weighted by molar-refractivity contribution is 5.76. The van der Waals surface area contributed by atoms with Gasteiger partial charge in [-0.3, -0.25) is 4.79 Å². The lowest BCUT2D eigenvalue weighted by Gasteiger charge is -2.24. The Morgan fingerprint density at radius 2 is 1.83 bits per heavy atom. The van der Waals surface area contributed by atoms with Crippen LogP contribution in [0.5, 0.6) is 0 Å². The van der Waals surface area contributed by atoms with Crippen LogP contribution in [0.25, 0.3) is 0 Å². The summed E-state index contributed by atoms with van der Waals surface area (Å²) < 4.78 is 15.1. The van der Waals surface area contributed by atoms with E-state index in [1.807, 2.05) is 0 Å². The predicted molar refractivity (Wildman–Crippen MR) is 82.5 cm³/mol. The highest BCUT2D eigenvalue weighted by Gasteiger charge is 2.20. The van der Waals surface area contributed by atoms with Crippen molar-refractivity contribution in [1.82, 2.24) is 10.3 Å². The summed E-state index contributed by atoms with van der Waals surface area (Å²) in [5, 5.41) is 3.50. The van der Waals surface area contributed by atoms with Gasteiger partial charge in [0.1, 0.15) is 18.5 Å².